The molecule has 3 aromatic carbocycles. The van der Waals surface area contributed by atoms with Crippen LogP contribution in [0.4, 0.5) is 4.39 Å². The first-order valence-electron chi connectivity index (χ1n) is 13.8. The zero-order chi connectivity index (χ0) is 29.2. The molecule has 1 atom stereocenters. The summed E-state index contributed by atoms with van der Waals surface area (Å²) in [5.41, 5.74) is 2.42. The molecule has 0 spiro atoms. The highest BCUT2D eigenvalue weighted by Crippen LogP contribution is 2.22. The summed E-state index contributed by atoms with van der Waals surface area (Å²) in [5.74, 6) is -0.926. The van der Waals surface area contributed by atoms with Gasteiger partial charge in [0.1, 0.15) is 11.9 Å². The lowest BCUT2D eigenvalue weighted by Crippen LogP contribution is -2.50. The Kier molecular flexibility index (Phi) is 10.4. The highest BCUT2D eigenvalue weighted by Gasteiger charge is 2.30. The molecule has 1 fully saturated rings. The molecule has 1 unspecified atom stereocenters. The largest absolute Gasteiger partial charge is 0.351 e. The molecule has 7 nitrogen and oxygen atoms in total. The number of benzene rings is 3. The molecule has 3 aromatic rings. The van der Waals surface area contributed by atoms with Crippen molar-refractivity contribution in [2.45, 2.75) is 49.6 Å². The van der Waals surface area contributed by atoms with Gasteiger partial charge in [0, 0.05) is 39.0 Å². The smallest absolute Gasteiger partial charge is 0.243 e. The molecule has 4 rings (SSSR count). The Hall–Kier alpha value is -3.82. The SMILES string of the molecule is C=CCNC(=O)C(Cc1ccccc1)N(Cc1ccc(F)cc1)C(=O)CCc1ccc(S(=O)(=O)N2CCCC2)cc1. The maximum atomic E-state index is 13.7. The Morgan fingerprint density at radius 2 is 1.56 bits per heavy atom. The van der Waals surface area contributed by atoms with Crippen LogP contribution in [0.5, 0.6) is 0 Å². The van der Waals surface area contributed by atoms with E-state index in [0.29, 0.717) is 31.5 Å². The number of carbonyl (C=O) groups excluding carboxylic acids is 2. The molecule has 0 aliphatic carbocycles. The van der Waals surface area contributed by atoms with Gasteiger partial charge in [0.05, 0.1) is 4.90 Å². The summed E-state index contributed by atoms with van der Waals surface area (Å²) in [6.45, 7) is 5.13. The standard InChI is InChI=1S/C32H36FN3O4S/c1-2-20-34-32(38)30(23-26-8-4-3-5-9-26)36(24-27-10-15-28(33)16-11-27)31(37)19-14-25-12-17-29(18-13-25)41(39,40)35-21-6-7-22-35/h2-5,8-13,15-18,30H,1,6-7,14,19-24H2,(H,34,38). The first kappa shape index (κ1) is 30.1. The molecule has 41 heavy (non-hydrogen) atoms. The lowest BCUT2D eigenvalue weighted by Gasteiger charge is -2.31. The van der Waals surface area contributed by atoms with E-state index in [9.17, 15) is 22.4 Å². The Bertz CT molecular complexity index is 1420. The lowest BCUT2D eigenvalue weighted by molar-refractivity contribution is -0.141. The van der Waals surface area contributed by atoms with Gasteiger partial charge >= 0.3 is 0 Å². The van der Waals surface area contributed by atoms with Gasteiger partial charge in [-0.25, -0.2) is 12.8 Å². The summed E-state index contributed by atoms with van der Waals surface area (Å²) in [5, 5.41) is 2.83. The lowest BCUT2D eigenvalue weighted by atomic mass is 10.0. The quantitative estimate of drug-likeness (QED) is 0.304. The van der Waals surface area contributed by atoms with Crippen LogP contribution >= 0.6 is 0 Å². The minimum atomic E-state index is -3.52. The third-order valence-electron chi connectivity index (χ3n) is 7.21. The van der Waals surface area contributed by atoms with Gasteiger partial charge in [-0.3, -0.25) is 9.59 Å². The van der Waals surface area contributed by atoms with E-state index in [2.05, 4.69) is 11.9 Å². The molecular weight excluding hydrogens is 541 g/mol. The predicted octanol–water partition coefficient (Wildman–Crippen LogP) is 4.49. The number of carbonyl (C=O) groups is 2. The maximum Gasteiger partial charge on any atom is 0.243 e. The molecular formula is C32H36FN3O4S. The van der Waals surface area contributed by atoms with Crippen LogP contribution in [0, 0.1) is 5.82 Å². The van der Waals surface area contributed by atoms with E-state index < -0.39 is 16.1 Å². The molecule has 0 radical (unpaired) electrons. The van der Waals surface area contributed by atoms with E-state index in [1.807, 2.05) is 30.3 Å². The van der Waals surface area contributed by atoms with E-state index in [4.69, 9.17) is 0 Å². The van der Waals surface area contributed by atoms with Crippen molar-refractivity contribution < 1.29 is 22.4 Å². The fourth-order valence-electron chi connectivity index (χ4n) is 4.93. The van der Waals surface area contributed by atoms with Crippen LogP contribution in [-0.2, 0) is 39.0 Å². The summed E-state index contributed by atoms with van der Waals surface area (Å²) in [7, 11) is -3.52. The predicted molar refractivity (Wildman–Crippen MR) is 157 cm³/mol. The van der Waals surface area contributed by atoms with Crippen molar-refractivity contribution in [3.63, 3.8) is 0 Å². The van der Waals surface area contributed by atoms with Crippen LogP contribution in [0.2, 0.25) is 0 Å². The first-order chi connectivity index (χ1) is 19.8. The number of halogens is 1. The molecule has 1 aliphatic heterocycles. The van der Waals surface area contributed by atoms with Crippen molar-refractivity contribution in [2.24, 2.45) is 0 Å². The van der Waals surface area contributed by atoms with E-state index in [1.165, 1.54) is 16.4 Å². The third-order valence-corrected chi connectivity index (χ3v) is 9.12. The van der Waals surface area contributed by atoms with E-state index >= 15 is 0 Å². The Morgan fingerprint density at radius 1 is 0.927 bits per heavy atom. The summed E-state index contributed by atoms with van der Waals surface area (Å²) >= 11 is 0. The summed E-state index contributed by atoms with van der Waals surface area (Å²) in [6.07, 6.45) is 4.10. The average Bonchev–Trinajstić information content (AvgIpc) is 3.54. The van der Waals surface area contributed by atoms with Crippen molar-refractivity contribution >= 4 is 21.8 Å². The molecule has 0 saturated carbocycles. The topological polar surface area (TPSA) is 86.8 Å². The van der Waals surface area contributed by atoms with Crippen molar-refractivity contribution in [1.82, 2.24) is 14.5 Å². The minimum Gasteiger partial charge on any atom is -0.351 e. The van der Waals surface area contributed by atoms with Crippen LogP contribution < -0.4 is 5.32 Å². The fourth-order valence-corrected chi connectivity index (χ4v) is 6.45. The molecule has 9 heteroatoms. The van der Waals surface area contributed by atoms with Gasteiger partial charge in [-0.05, 0) is 60.2 Å². The van der Waals surface area contributed by atoms with Gasteiger partial charge in [0.25, 0.3) is 0 Å². The van der Waals surface area contributed by atoms with Gasteiger partial charge in [-0.15, -0.1) is 6.58 Å². The van der Waals surface area contributed by atoms with Gasteiger partial charge < -0.3 is 10.2 Å². The van der Waals surface area contributed by atoms with Crippen molar-refractivity contribution in [2.75, 3.05) is 19.6 Å². The van der Waals surface area contributed by atoms with Crippen molar-refractivity contribution in [1.29, 1.82) is 0 Å². The molecule has 1 N–H and O–H groups in total. The van der Waals surface area contributed by atoms with E-state index in [-0.39, 0.29) is 42.0 Å². The number of amides is 2. The van der Waals surface area contributed by atoms with Crippen LogP contribution in [0.1, 0.15) is 36.0 Å². The van der Waals surface area contributed by atoms with Crippen molar-refractivity contribution in [3.05, 3.63) is 114 Å². The average molecular weight is 578 g/mol. The number of hydrogen-bond donors (Lipinski definition) is 1. The number of nitrogens with zero attached hydrogens (tertiary/aromatic N) is 2. The highest BCUT2D eigenvalue weighted by molar-refractivity contribution is 7.89. The Balaban J connectivity index is 1.54. The zero-order valence-electron chi connectivity index (χ0n) is 23.0. The monoisotopic (exact) mass is 577 g/mol. The molecule has 0 aromatic heterocycles. The molecule has 2 amide bonds. The fraction of sp³-hybridized carbons (Fsp3) is 0.312. The molecule has 1 aliphatic rings. The van der Waals surface area contributed by atoms with Gasteiger partial charge in [-0.1, -0.05) is 60.7 Å². The first-order valence-corrected chi connectivity index (χ1v) is 15.3. The summed E-state index contributed by atoms with van der Waals surface area (Å²) in [6, 6.07) is 21.2. The van der Waals surface area contributed by atoms with E-state index in [1.54, 1.807) is 47.4 Å². The molecule has 216 valence electrons. The summed E-state index contributed by atoms with van der Waals surface area (Å²) < 4.78 is 40.8. The van der Waals surface area contributed by atoms with Crippen LogP contribution in [0.3, 0.4) is 0 Å². The van der Waals surface area contributed by atoms with E-state index in [0.717, 1.165) is 24.0 Å². The van der Waals surface area contributed by atoms with Gasteiger partial charge in [-0.2, -0.15) is 4.31 Å². The van der Waals surface area contributed by atoms with Crippen LogP contribution in [-0.4, -0.2) is 55.1 Å². The minimum absolute atomic E-state index is 0.111. The maximum absolute atomic E-state index is 13.7. The Labute approximate surface area is 241 Å². The number of rotatable bonds is 13. The highest BCUT2D eigenvalue weighted by atomic mass is 32.2. The second-order valence-electron chi connectivity index (χ2n) is 10.1. The van der Waals surface area contributed by atoms with Gasteiger partial charge in [0.2, 0.25) is 21.8 Å². The normalized spacial score (nSPS) is 14.4. The third kappa shape index (κ3) is 8.11. The second-order valence-corrected chi connectivity index (χ2v) is 12.1. The number of hydrogen-bond acceptors (Lipinski definition) is 4. The van der Waals surface area contributed by atoms with Crippen LogP contribution in [0.25, 0.3) is 0 Å². The molecule has 0 bridgehead atoms. The van der Waals surface area contributed by atoms with Gasteiger partial charge in [0.15, 0.2) is 0 Å². The number of aryl methyl sites for hydroxylation is 1. The second kappa shape index (κ2) is 14.2. The summed E-state index contributed by atoms with van der Waals surface area (Å²) in [4.78, 5) is 28.9. The molecule has 1 heterocycles. The molecule has 1 saturated heterocycles. The number of sulfonamides is 1. The van der Waals surface area contributed by atoms with Crippen molar-refractivity contribution in [3.8, 4) is 0 Å². The number of nitrogens with one attached hydrogen (secondary N) is 1. The Morgan fingerprint density at radius 3 is 2.20 bits per heavy atom. The zero-order valence-corrected chi connectivity index (χ0v) is 23.9. The van der Waals surface area contributed by atoms with Crippen LogP contribution in [0.15, 0.2) is 96.4 Å².